The highest BCUT2D eigenvalue weighted by molar-refractivity contribution is 8.00. The Morgan fingerprint density at radius 1 is 1.19 bits per heavy atom. The van der Waals surface area contributed by atoms with Gasteiger partial charge in [0.25, 0.3) is 10.0 Å². The SMILES string of the molecule is Nc1ccc(F)cc1S(=O)(=O)N1CCSc2ccccc21. The standard InChI is InChI=1S/C14H13FN2O2S2/c15-10-5-6-11(16)14(9-10)21(18,19)17-7-8-20-13-4-2-1-3-12(13)17/h1-6,9H,7-8,16H2. The largest absolute Gasteiger partial charge is 0.398 e. The predicted molar refractivity (Wildman–Crippen MR) is 82.5 cm³/mol. The van der Waals surface area contributed by atoms with Crippen molar-refractivity contribution in [1.29, 1.82) is 0 Å². The highest BCUT2D eigenvalue weighted by Gasteiger charge is 2.30. The number of nitrogens with zero attached hydrogens (tertiary/aromatic N) is 1. The normalized spacial score (nSPS) is 14.8. The zero-order valence-corrected chi connectivity index (χ0v) is 12.6. The van der Waals surface area contributed by atoms with Crippen LogP contribution in [0.3, 0.4) is 0 Å². The summed E-state index contributed by atoms with van der Waals surface area (Å²) >= 11 is 1.60. The summed E-state index contributed by atoms with van der Waals surface area (Å²) in [5, 5.41) is 0. The third-order valence-corrected chi connectivity index (χ3v) is 6.14. The van der Waals surface area contributed by atoms with Crippen molar-refractivity contribution in [2.75, 3.05) is 22.3 Å². The van der Waals surface area contributed by atoms with Gasteiger partial charge in [-0.15, -0.1) is 11.8 Å². The zero-order chi connectivity index (χ0) is 15.0. The van der Waals surface area contributed by atoms with Crippen molar-refractivity contribution in [3.05, 3.63) is 48.3 Å². The number of benzene rings is 2. The lowest BCUT2D eigenvalue weighted by atomic mass is 10.3. The first-order valence-corrected chi connectivity index (χ1v) is 8.72. The quantitative estimate of drug-likeness (QED) is 0.863. The Balaban J connectivity index is 2.14. The van der Waals surface area contributed by atoms with Crippen molar-refractivity contribution in [2.45, 2.75) is 9.79 Å². The summed E-state index contributed by atoms with van der Waals surface area (Å²) in [4.78, 5) is 0.700. The maximum atomic E-state index is 13.4. The molecule has 1 heterocycles. The third-order valence-electron chi connectivity index (χ3n) is 3.23. The number of sulfonamides is 1. The Morgan fingerprint density at radius 3 is 2.76 bits per heavy atom. The molecule has 0 atom stereocenters. The number of hydrogen-bond donors (Lipinski definition) is 1. The first-order chi connectivity index (χ1) is 10.00. The van der Waals surface area contributed by atoms with Gasteiger partial charge in [-0.25, -0.2) is 12.8 Å². The van der Waals surface area contributed by atoms with Crippen LogP contribution in [0, 0.1) is 5.82 Å². The molecule has 0 saturated heterocycles. The second-order valence-corrected chi connectivity index (χ2v) is 7.54. The molecule has 2 N–H and O–H groups in total. The molecule has 7 heteroatoms. The van der Waals surface area contributed by atoms with Gasteiger partial charge in [-0.1, -0.05) is 12.1 Å². The molecule has 1 aliphatic heterocycles. The van der Waals surface area contributed by atoms with Crippen LogP contribution in [0.15, 0.2) is 52.3 Å². The van der Waals surface area contributed by atoms with E-state index >= 15 is 0 Å². The van der Waals surface area contributed by atoms with Crippen LogP contribution < -0.4 is 10.0 Å². The second kappa shape index (κ2) is 5.23. The number of nitrogens with two attached hydrogens (primary N) is 1. The van der Waals surface area contributed by atoms with Crippen molar-refractivity contribution in [3.8, 4) is 0 Å². The molecule has 0 aromatic heterocycles. The molecule has 0 saturated carbocycles. The summed E-state index contributed by atoms with van der Waals surface area (Å²) < 4.78 is 40.3. The van der Waals surface area contributed by atoms with Crippen LogP contribution in [-0.2, 0) is 10.0 Å². The Hall–Kier alpha value is -1.73. The summed E-state index contributed by atoms with van der Waals surface area (Å²) in [6.07, 6.45) is 0. The minimum atomic E-state index is -3.87. The molecule has 4 nitrogen and oxygen atoms in total. The molecular weight excluding hydrogens is 311 g/mol. The maximum absolute atomic E-state index is 13.4. The van der Waals surface area contributed by atoms with Gasteiger partial charge in [-0.3, -0.25) is 4.31 Å². The Kier molecular flexibility index (Phi) is 3.54. The minimum Gasteiger partial charge on any atom is -0.398 e. The second-order valence-electron chi connectivity index (χ2n) is 4.58. The van der Waals surface area contributed by atoms with E-state index in [9.17, 15) is 12.8 Å². The lowest BCUT2D eigenvalue weighted by Crippen LogP contribution is -2.35. The average molecular weight is 324 g/mol. The van der Waals surface area contributed by atoms with E-state index in [1.165, 1.54) is 10.4 Å². The van der Waals surface area contributed by atoms with Gasteiger partial charge < -0.3 is 5.73 Å². The maximum Gasteiger partial charge on any atom is 0.266 e. The van der Waals surface area contributed by atoms with Gasteiger partial charge in [0.1, 0.15) is 10.7 Å². The molecular formula is C14H13FN2O2S2. The molecule has 0 unspecified atom stereocenters. The highest BCUT2D eigenvalue weighted by atomic mass is 32.2. The van der Waals surface area contributed by atoms with Crippen LogP contribution in [0.4, 0.5) is 15.8 Å². The van der Waals surface area contributed by atoms with Crippen molar-refractivity contribution in [3.63, 3.8) is 0 Å². The van der Waals surface area contributed by atoms with Crippen LogP contribution >= 0.6 is 11.8 Å². The van der Waals surface area contributed by atoms with Crippen LogP contribution in [0.1, 0.15) is 0 Å². The number of hydrogen-bond acceptors (Lipinski definition) is 4. The molecule has 2 aromatic rings. The Bertz CT molecular complexity index is 793. The van der Waals surface area contributed by atoms with Crippen molar-refractivity contribution in [2.24, 2.45) is 0 Å². The van der Waals surface area contributed by atoms with E-state index in [1.807, 2.05) is 12.1 Å². The summed E-state index contributed by atoms with van der Waals surface area (Å²) in [6, 6.07) is 10.6. The number of nitrogen functional groups attached to an aromatic ring is 1. The van der Waals surface area contributed by atoms with Gasteiger partial charge >= 0.3 is 0 Å². The molecule has 1 aliphatic rings. The Labute approximate surface area is 126 Å². The van der Waals surface area contributed by atoms with E-state index in [-0.39, 0.29) is 10.6 Å². The molecule has 0 fully saturated rings. The van der Waals surface area contributed by atoms with Gasteiger partial charge in [0.05, 0.1) is 11.4 Å². The van der Waals surface area contributed by atoms with Crippen LogP contribution in [0.25, 0.3) is 0 Å². The molecule has 0 aliphatic carbocycles. The monoisotopic (exact) mass is 324 g/mol. The van der Waals surface area contributed by atoms with Gasteiger partial charge in [0.15, 0.2) is 0 Å². The Morgan fingerprint density at radius 2 is 1.95 bits per heavy atom. The third kappa shape index (κ3) is 2.47. The van der Waals surface area contributed by atoms with E-state index in [0.717, 1.165) is 17.0 Å². The van der Waals surface area contributed by atoms with Crippen LogP contribution in [0.2, 0.25) is 0 Å². The van der Waals surface area contributed by atoms with Crippen molar-refractivity contribution in [1.82, 2.24) is 0 Å². The molecule has 0 bridgehead atoms. The fourth-order valence-electron chi connectivity index (χ4n) is 2.24. The number of para-hydroxylation sites is 1. The molecule has 2 aromatic carbocycles. The first kappa shape index (κ1) is 14.2. The van der Waals surface area contributed by atoms with E-state index in [4.69, 9.17) is 5.73 Å². The molecule has 0 spiro atoms. The summed E-state index contributed by atoms with van der Waals surface area (Å²) in [5.74, 6) is 0.0216. The van der Waals surface area contributed by atoms with Crippen LogP contribution in [0.5, 0.6) is 0 Å². The van der Waals surface area contributed by atoms with Crippen LogP contribution in [-0.4, -0.2) is 20.7 Å². The van der Waals surface area contributed by atoms with E-state index in [0.29, 0.717) is 18.0 Å². The first-order valence-electron chi connectivity index (χ1n) is 6.30. The molecule has 0 radical (unpaired) electrons. The summed E-state index contributed by atoms with van der Waals surface area (Å²) in [7, 11) is -3.87. The number of rotatable bonds is 2. The lowest BCUT2D eigenvalue weighted by molar-refractivity contribution is 0.587. The average Bonchev–Trinajstić information content (AvgIpc) is 2.49. The minimum absolute atomic E-state index is 0.0482. The van der Waals surface area contributed by atoms with E-state index in [2.05, 4.69) is 0 Å². The van der Waals surface area contributed by atoms with E-state index < -0.39 is 15.8 Å². The fraction of sp³-hybridized carbons (Fsp3) is 0.143. The number of anilines is 2. The smallest absolute Gasteiger partial charge is 0.266 e. The van der Waals surface area contributed by atoms with Crippen molar-refractivity contribution >= 4 is 33.2 Å². The zero-order valence-electron chi connectivity index (χ0n) is 11.0. The highest BCUT2D eigenvalue weighted by Crippen LogP contribution is 2.38. The fourth-order valence-corrected chi connectivity index (χ4v) is 5.03. The molecule has 0 amide bonds. The van der Waals surface area contributed by atoms with Gasteiger partial charge in [0, 0.05) is 17.2 Å². The summed E-state index contributed by atoms with van der Waals surface area (Å²) in [6.45, 7) is 0.333. The molecule has 21 heavy (non-hydrogen) atoms. The summed E-state index contributed by atoms with van der Waals surface area (Å²) in [5.41, 5.74) is 6.38. The number of fused-ring (bicyclic) bond motifs is 1. The lowest BCUT2D eigenvalue weighted by Gasteiger charge is -2.30. The molecule has 110 valence electrons. The van der Waals surface area contributed by atoms with Crippen molar-refractivity contribution < 1.29 is 12.8 Å². The number of halogens is 1. The van der Waals surface area contributed by atoms with Gasteiger partial charge in [0.2, 0.25) is 0 Å². The van der Waals surface area contributed by atoms with E-state index in [1.54, 1.807) is 23.9 Å². The predicted octanol–water partition coefficient (Wildman–Crippen LogP) is 2.71. The van der Waals surface area contributed by atoms with Gasteiger partial charge in [-0.05, 0) is 30.3 Å². The topological polar surface area (TPSA) is 63.4 Å². The van der Waals surface area contributed by atoms with Gasteiger partial charge in [-0.2, -0.15) is 0 Å². The number of thioether (sulfide) groups is 1. The molecule has 3 rings (SSSR count).